The van der Waals surface area contributed by atoms with Gasteiger partial charge >= 0.3 is 0 Å². The van der Waals surface area contributed by atoms with Gasteiger partial charge in [0.1, 0.15) is 12.4 Å². The number of nitrogens with zero attached hydrogens (tertiary/aromatic N) is 1. The van der Waals surface area contributed by atoms with Gasteiger partial charge in [-0.1, -0.05) is 24.3 Å². The molecule has 0 radical (unpaired) electrons. The van der Waals surface area contributed by atoms with Crippen LogP contribution in [-0.2, 0) is 6.54 Å². The van der Waals surface area contributed by atoms with Crippen LogP contribution in [0.25, 0.3) is 0 Å². The second-order valence-corrected chi connectivity index (χ2v) is 5.41. The monoisotopic (exact) mass is 280 g/mol. The molecule has 1 saturated heterocycles. The molecule has 2 N–H and O–H groups in total. The van der Waals surface area contributed by atoms with E-state index < -0.39 is 0 Å². The third-order valence-corrected chi connectivity index (χ3v) is 3.71. The summed E-state index contributed by atoms with van der Waals surface area (Å²) in [6, 6.07) is 5.77. The van der Waals surface area contributed by atoms with E-state index in [0.717, 1.165) is 42.5 Å². The summed E-state index contributed by atoms with van der Waals surface area (Å²) >= 11 is 6.08. The minimum absolute atomic E-state index is 0.514. The summed E-state index contributed by atoms with van der Waals surface area (Å²) in [7, 11) is 0. The molecule has 1 fully saturated rings. The number of nitrogens with two attached hydrogens (primary N) is 1. The van der Waals surface area contributed by atoms with Crippen LogP contribution in [0.4, 0.5) is 0 Å². The first-order chi connectivity index (χ1) is 9.22. The summed E-state index contributed by atoms with van der Waals surface area (Å²) in [4.78, 5) is 2.41. The second-order valence-electron chi connectivity index (χ2n) is 4.98. The Bertz CT molecular complexity index is 436. The molecule has 0 amide bonds. The van der Waals surface area contributed by atoms with Gasteiger partial charge in [0.2, 0.25) is 0 Å². The topological polar surface area (TPSA) is 38.5 Å². The van der Waals surface area contributed by atoms with Crippen molar-refractivity contribution in [2.24, 2.45) is 11.7 Å². The Morgan fingerprint density at radius 1 is 1.53 bits per heavy atom. The van der Waals surface area contributed by atoms with Crippen LogP contribution < -0.4 is 10.5 Å². The first-order valence-corrected chi connectivity index (χ1v) is 7.05. The zero-order chi connectivity index (χ0) is 13.7. The van der Waals surface area contributed by atoms with Crippen LogP contribution in [0.3, 0.4) is 0 Å². The molecule has 2 rings (SSSR count). The molecule has 104 valence electrons. The van der Waals surface area contributed by atoms with Crippen molar-refractivity contribution in [2.45, 2.75) is 13.0 Å². The number of ether oxygens (including phenoxy) is 1. The van der Waals surface area contributed by atoms with Gasteiger partial charge in [-0.2, -0.15) is 0 Å². The predicted octanol–water partition coefficient (Wildman–Crippen LogP) is 2.69. The molecule has 4 heteroatoms. The summed E-state index contributed by atoms with van der Waals surface area (Å²) in [5.41, 5.74) is 6.86. The summed E-state index contributed by atoms with van der Waals surface area (Å²) in [5, 5.41) is 0.746. The molecule has 0 aliphatic carbocycles. The summed E-state index contributed by atoms with van der Waals surface area (Å²) in [6.45, 7) is 7.97. The van der Waals surface area contributed by atoms with E-state index in [4.69, 9.17) is 22.1 Å². The molecule has 1 aromatic rings. The van der Waals surface area contributed by atoms with E-state index in [0.29, 0.717) is 12.5 Å². The third-order valence-electron chi connectivity index (χ3n) is 3.48. The minimum atomic E-state index is 0.514. The van der Waals surface area contributed by atoms with Gasteiger partial charge in [-0.3, -0.25) is 4.90 Å². The first-order valence-electron chi connectivity index (χ1n) is 6.67. The fourth-order valence-corrected chi connectivity index (χ4v) is 2.65. The number of hydrogen-bond donors (Lipinski definition) is 1. The molecule has 1 aliphatic rings. The van der Waals surface area contributed by atoms with E-state index in [2.05, 4.69) is 11.5 Å². The number of hydrogen-bond acceptors (Lipinski definition) is 3. The average Bonchev–Trinajstić information content (AvgIpc) is 2.85. The van der Waals surface area contributed by atoms with Crippen molar-refractivity contribution in [3.8, 4) is 5.75 Å². The van der Waals surface area contributed by atoms with Gasteiger partial charge in [-0.25, -0.2) is 0 Å². The number of benzene rings is 1. The van der Waals surface area contributed by atoms with Crippen LogP contribution in [0.15, 0.2) is 30.9 Å². The zero-order valence-corrected chi connectivity index (χ0v) is 11.9. The Kier molecular flexibility index (Phi) is 5.25. The van der Waals surface area contributed by atoms with E-state index in [1.165, 1.54) is 6.42 Å². The summed E-state index contributed by atoms with van der Waals surface area (Å²) in [6.07, 6.45) is 2.93. The van der Waals surface area contributed by atoms with Crippen molar-refractivity contribution < 1.29 is 4.74 Å². The maximum absolute atomic E-state index is 6.08. The molecule has 0 bridgehead atoms. The Balaban J connectivity index is 2.05. The lowest BCUT2D eigenvalue weighted by Crippen LogP contribution is -2.23. The van der Waals surface area contributed by atoms with Gasteiger partial charge in [0.05, 0.1) is 0 Å². The number of halogens is 1. The third kappa shape index (κ3) is 3.96. The lowest BCUT2D eigenvalue weighted by atomic mass is 10.1. The van der Waals surface area contributed by atoms with Crippen LogP contribution >= 0.6 is 11.6 Å². The van der Waals surface area contributed by atoms with Gasteiger partial charge in [0.25, 0.3) is 0 Å². The molecule has 0 saturated carbocycles. The summed E-state index contributed by atoms with van der Waals surface area (Å²) < 4.78 is 5.68. The summed E-state index contributed by atoms with van der Waals surface area (Å²) in [5.74, 6) is 1.51. The van der Waals surface area contributed by atoms with E-state index in [9.17, 15) is 0 Å². The fourth-order valence-electron chi connectivity index (χ4n) is 2.45. The van der Waals surface area contributed by atoms with Crippen LogP contribution in [-0.4, -0.2) is 31.1 Å². The Morgan fingerprint density at radius 2 is 2.37 bits per heavy atom. The van der Waals surface area contributed by atoms with Gasteiger partial charge in [-0.15, -0.1) is 0 Å². The molecule has 1 aliphatic heterocycles. The molecular weight excluding hydrogens is 260 g/mol. The lowest BCUT2D eigenvalue weighted by Gasteiger charge is -2.18. The Morgan fingerprint density at radius 3 is 3.05 bits per heavy atom. The van der Waals surface area contributed by atoms with Gasteiger partial charge in [0.15, 0.2) is 0 Å². The van der Waals surface area contributed by atoms with E-state index in [1.807, 2.05) is 18.2 Å². The van der Waals surface area contributed by atoms with Crippen molar-refractivity contribution in [1.29, 1.82) is 0 Å². The highest BCUT2D eigenvalue weighted by molar-refractivity contribution is 6.30. The highest BCUT2D eigenvalue weighted by Crippen LogP contribution is 2.26. The van der Waals surface area contributed by atoms with Crippen LogP contribution in [0.1, 0.15) is 12.0 Å². The highest BCUT2D eigenvalue weighted by atomic mass is 35.5. The van der Waals surface area contributed by atoms with Crippen molar-refractivity contribution >= 4 is 11.6 Å². The molecule has 1 heterocycles. The quantitative estimate of drug-likeness (QED) is 0.814. The zero-order valence-electron chi connectivity index (χ0n) is 11.1. The molecule has 0 aromatic heterocycles. The fraction of sp³-hybridized carbons (Fsp3) is 0.467. The molecule has 0 unspecified atom stereocenters. The molecule has 0 spiro atoms. The van der Waals surface area contributed by atoms with E-state index in [-0.39, 0.29) is 0 Å². The molecular formula is C15H21ClN2O. The number of rotatable bonds is 6. The van der Waals surface area contributed by atoms with Crippen LogP contribution in [0.5, 0.6) is 5.75 Å². The Hall–Kier alpha value is -1.03. The maximum Gasteiger partial charge on any atom is 0.124 e. The normalized spacial score (nSPS) is 19.6. The standard InChI is InChI=1S/C15H21ClN2O/c1-2-7-19-15-4-3-14(16)8-13(15)11-18-6-5-12(9-17)10-18/h2-4,8,12H,1,5-7,9-11,17H2/t12-/m0/s1. The van der Waals surface area contributed by atoms with Crippen molar-refractivity contribution in [1.82, 2.24) is 4.90 Å². The van der Waals surface area contributed by atoms with Crippen molar-refractivity contribution in [3.63, 3.8) is 0 Å². The SMILES string of the molecule is C=CCOc1ccc(Cl)cc1CN1CC[C@@H](CN)C1. The smallest absolute Gasteiger partial charge is 0.124 e. The molecule has 1 atom stereocenters. The van der Waals surface area contributed by atoms with Crippen molar-refractivity contribution in [2.75, 3.05) is 26.2 Å². The second kappa shape index (κ2) is 6.94. The van der Waals surface area contributed by atoms with E-state index in [1.54, 1.807) is 6.08 Å². The molecule has 3 nitrogen and oxygen atoms in total. The average molecular weight is 281 g/mol. The van der Waals surface area contributed by atoms with Gasteiger partial charge < -0.3 is 10.5 Å². The van der Waals surface area contributed by atoms with Crippen molar-refractivity contribution in [3.05, 3.63) is 41.4 Å². The minimum Gasteiger partial charge on any atom is -0.489 e. The van der Waals surface area contributed by atoms with Crippen LogP contribution in [0.2, 0.25) is 5.02 Å². The van der Waals surface area contributed by atoms with Gasteiger partial charge in [0, 0.05) is 23.7 Å². The maximum atomic E-state index is 6.08. The van der Waals surface area contributed by atoms with Crippen LogP contribution in [0, 0.1) is 5.92 Å². The lowest BCUT2D eigenvalue weighted by molar-refractivity contribution is 0.303. The molecule has 1 aromatic carbocycles. The van der Waals surface area contributed by atoms with Gasteiger partial charge in [-0.05, 0) is 43.6 Å². The first kappa shape index (κ1) is 14.4. The number of likely N-dealkylation sites (tertiary alicyclic amines) is 1. The predicted molar refractivity (Wildman–Crippen MR) is 79.6 cm³/mol. The highest BCUT2D eigenvalue weighted by Gasteiger charge is 2.22. The molecule has 19 heavy (non-hydrogen) atoms. The Labute approximate surface area is 120 Å². The largest absolute Gasteiger partial charge is 0.489 e. The van der Waals surface area contributed by atoms with E-state index >= 15 is 0 Å².